The third kappa shape index (κ3) is 3.32. The summed E-state index contributed by atoms with van der Waals surface area (Å²) in [6.07, 6.45) is 4.30. The Labute approximate surface area is 123 Å². The van der Waals surface area contributed by atoms with Gasteiger partial charge in [0.25, 0.3) is 0 Å². The van der Waals surface area contributed by atoms with Gasteiger partial charge in [-0.15, -0.1) is 0 Å². The first-order valence-electron chi connectivity index (χ1n) is 7.31. The fourth-order valence-corrected chi connectivity index (χ4v) is 2.65. The minimum absolute atomic E-state index is 0.0419. The molecule has 1 fully saturated rings. The summed E-state index contributed by atoms with van der Waals surface area (Å²) in [5.41, 5.74) is 0.435. The van der Waals surface area contributed by atoms with Gasteiger partial charge < -0.3 is 14.4 Å². The molecule has 1 aliphatic heterocycles. The van der Waals surface area contributed by atoms with Gasteiger partial charge in [0, 0.05) is 6.54 Å². The highest BCUT2D eigenvalue weighted by atomic mass is 16.6. The number of nitro groups is 1. The first kappa shape index (κ1) is 15.3. The third-order valence-corrected chi connectivity index (χ3v) is 3.64. The summed E-state index contributed by atoms with van der Waals surface area (Å²) in [5.74, 6) is 0.273. The van der Waals surface area contributed by atoms with Crippen molar-refractivity contribution in [3.05, 3.63) is 28.3 Å². The Balaban J connectivity index is 2.41. The van der Waals surface area contributed by atoms with Gasteiger partial charge in [0.05, 0.1) is 17.6 Å². The van der Waals surface area contributed by atoms with Crippen LogP contribution in [0.2, 0.25) is 0 Å². The van der Waals surface area contributed by atoms with Gasteiger partial charge in [0.2, 0.25) is 0 Å². The van der Waals surface area contributed by atoms with Crippen LogP contribution in [0, 0.1) is 10.1 Å². The third-order valence-electron chi connectivity index (χ3n) is 3.64. The lowest BCUT2D eigenvalue weighted by atomic mass is 10.0. The molecule has 0 radical (unpaired) electrons. The van der Waals surface area contributed by atoms with Crippen LogP contribution in [0.4, 0.5) is 11.4 Å². The predicted molar refractivity (Wildman–Crippen MR) is 79.9 cm³/mol. The number of carbonyl (C=O) groups is 1. The maximum Gasteiger partial charge on any atom is 0.333 e. The number of rotatable bonds is 6. The average Bonchev–Trinajstić information content (AvgIpc) is 2.52. The topological polar surface area (TPSA) is 72.7 Å². The molecule has 21 heavy (non-hydrogen) atoms. The molecular formula is C15H20N2O4. The fraction of sp³-hybridized carbons (Fsp3) is 0.533. The fourth-order valence-electron chi connectivity index (χ4n) is 2.65. The molecule has 0 aromatic heterocycles. The second-order valence-corrected chi connectivity index (χ2v) is 5.12. The summed E-state index contributed by atoms with van der Waals surface area (Å²) in [6.45, 7) is 3.03. The van der Waals surface area contributed by atoms with E-state index in [2.05, 4.69) is 0 Å². The molecule has 1 unspecified atom stereocenters. The highest BCUT2D eigenvalue weighted by molar-refractivity contribution is 5.75. The van der Waals surface area contributed by atoms with Crippen LogP contribution in [-0.4, -0.2) is 30.4 Å². The molecule has 1 saturated heterocycles. The van der Waals surface area contributed by atoms with Gasteiger partial charge in [-0.05, 0) is 37.8 Å². The lowest BCUT2D eigenvalue weighted by molar-refractivity contribution is -0.385. The number of piperidine rings is 1. The van der Waals surface area contributed by atoms with E-state index in [1.54, 1.807) is 18.2 Å². The highest BCUT2D eigenvalue weighted by Crippen LogP contribution is 2.39. The lowest BCUT2D eigenvalue weighted by Gasteiger charge is -2.34. The molecule has 6 heteroatoms. The van der Waals surface area contributed by atoms with Crippen molar-refractivity contribution in [2.24, 2.45) is 0 Å². The average molecular weight is 292 g/mol. The van der Waals surface area contributed by atoms with Crippen LogP contribution < -0.4 is 9.64 Å². The Morgan fingerprint density at radius 3 is 2.95 bits per heavy atom. The standard InChI is InChI=1S/C15H20N2O4/c1-2-10-21-14-8-5-7-13(15(14)17(19)20)16-9-4-3-6-12(16)11-18/h5,7-8,11-12H,2-4,6,9-10H2,1H3. The molecule has 1 aliphatic rings. The zero-order valence-corrected chi connectivity index (χ0v) is 12.2. The van der Waals surface area contributed by atoms with E-state index in [-0.39, 0.29) is 17.5 Å². The van der Waals surface area contributed by atoms with Crippen molar-refractivity contribution in [2.75, 3.05) is 18.1 Å². The van der Waals surface area contributed by atoms with Crippen LogP contribution in [0.1, 0.15) is 32.6 Å². The van der Waals surface area contributed by atoms with Gasteiger partial charge in [-0.2, -0.15) is 0 Å². The van der Waals surface area contributed by atoms with Crippen molar-refractivity contribution in [1.82, 2.24) is 0 Å². The summed E-state index contributed by atoms with van der Waals surface area (Å²) in [6, 6.07) is 4.75. The monoisotopic (exact) mass is 292 g/mol. The Morgan fingerprint density at radius 2 is 2.29 bits per heavy atom. The number of nitro benzene ring substituents is 1. The minimum Gasteiger partial charge on any atom is -0.487 e. The quantitative estimate of drug-likeness (QED) is 0.458. The zero-order chi connectivity index (χ0) is 15.2. The Kier molecular flexibility index (Phi) is 5.14. The number of carbonyl (C=O) groups excluding carboxylic acids is 1. The maximum absolute atomic E-state index is 11.5. The second-order valence-electron chi connectivity index (χ2n) is 5.12. The van der Waals surface area contributed by atoms with Crippen molar-refractivity contribution in [3.8, 4) is 5.75 Å². The van der Waals surface area contributed by atoms with Gasteiger partial charge in [-0.1, -0.05) is 13.0 Å². The number of hydrogen-bond donors (Lipinski definition) is 0. The molecule has 0 aliphatic carbocycles. The number of nitrogens with zero attached hydrogens (tertiary/aromatic N) is 2. The molecular weight excluding hydrogens is 272 g/mol. The van der Waals surface area contributed by atoms with Gasteiger partial charge in [-0.25, -0.2) is 0 Å². The van der Waals surface area contributed by atoms with Crippen LogP contribution in [0.25, 0.3) is 0 Å². The summed E-state index contributed by atoms with van der Waals surface area (Å²) >= 11 is 0. The largest absolute Gasteiger partial charge is 0.487 e. The van der Waals surface area contributed by atoms with E-state index < -0.39 is 4.92 Å². The van der Waals surface area contributed by atoms with Crippen molar-refractivity contribution >= 4 is 17.7 Å². The van der Waals surface area contributed by atoms with Crippen LogP contribution >= 0.6 is 0 Å². The van der Waals surface area contributed by atoms with Crippen LogP contribution in [0.3, 0.4) is 0 Å². The smallest absolute Gasteiger partial charge is 0.333 e. The van der Waals surface area contributed by atoms with E-state index in [0.717, 1.165) is 32.0 Å². The van der Waals surface area contributed by atoms with Crippen molar-refractivity contribution in [3.63, 3.8) is 0 Å². The van der Waals surface area contributed by atoms with E-state index in [0.29, 0.717) is 18.8 Å². The number of hydrogen-bond acceptors (Lipinski definition) is 5. The molecule has 0 saturated carbocycles. The molecule has 0 N–H and O–H groups in total. The number of benzene rings is 1. The SMILES string of the molecule is CCCOc1cccc(N2CCCCC2C=O)c1[N+](=O)[O-]. The summed E-state index contributed by atoms with van der Waals surface area (Å²) in [5, 5.41) is 11.5. The summed E-state index contributed by atoms with van der Waals surface area (Å²) in [7, 11) is 0. The predicted octanol–water partition coefficient (Wildman–Crippen LogP) is 2.94. The molecule has 1 heterocycles. The number of aldehydes is 1. The molecule has 2 rings (SSSR count). The number of anilines is 1. The molecule has 1 atom stereocenters. The van der Waals surface area contributed by atoms with E-state index in [1.165, 1.54) is 0 Å². The zero-order valence-electron chi connectivity index (χ0n) is 12.2. The minimum atomic E-state index is -0.420. The van der Waals surface area contributed by atoms with E-state index >= 15 is 0 Å². The molecule has 1 aromatic rings. The second kappa shape index (κ2) is 7.06. The van der Waals surface area contributed by atoms with Crippen LogP contribution in [0.15, 0.2) is 18.2 Å². The van der Waals surface area contributed by atoms with Crippen molar-refractivity contribution in [1.29, 1.82) is 0 Å². The van der Waals surface area contributed by atoms with E-state index in [9.17, 15) is 14.9 Å². The van der Waals surface area contributed by atoms with Crippen molar-refractivity contribution in [2.45, 2.75) is 38.6 Å². The Bertz CT molecular complexity index is 518. The highest BCUT2D eigenvalue weighted by Gasteiger charge is 2.30. The van der Waals surface area contributed by atoms with E-state index in [1.807, 2.05) is 11.8 Å². The Morgan fingerprint density at radius 1 is 1.48 bits per heavy atom. The van der Waals surface area contributed by atoms with Crippen molar-refractivity contribution < 1.29 is 14.5 Å². The molecule has 114 valence electrons. The number of ether oxygens (including phenoxy) is 1. The molecule has 1 aromatic carbocycles. The molecule has 0 spiro atoms. The lowest BCUT2D eigenvalue weighted by Crippen LogP contribution is -2.40. The van der Waals surface area contributed by atoms with Gasteiger partial charge in [0.1, 0.15) is 12.0 Å². The molecule has 0 bridgehead atoms. The van der Waals surface area contributed by atoms with Crippen LogP contribution in [0.5, 0.6) is 5.75 Å². The van der Waals surface area contributed by atoms with Crippen LogP contribution in [-0.2, 0) is 4.79 Å². The molecule has 0 amide bonds. The Hall–Kier alpha value is -2.11. The summed E-state index contributed by atoms with van der Waals surface area (Å²) in [4.78, 5) is 24.1. The van der Waals surface area contributed by atoms with E-state index in [4.69, 9.17) is 4.74 Å². The normalized spacial score (nSPS) is 18.3. The van der Waals surface area contributed by atoms with Gasteiger partial charge in [-0.3, -0.25) is 10.1 Å². The first-order chi connectivity index (χ1) is 10.2. The van der Waals surface area contributed by atoms with Gasteiger partial charge >= 0.3 is 5.69 Å². The molecule has 6 nitrogen and oxygen atoms in total. The number of para-hydroxylation sites is 1. The van der Waals surface area contributed by atoms with Gasteiger partial charge in [0.15, 0.2) is 5.75 Å². The first-order valence-corrected chi connectivity index (χ1v) is 7.31. The maximum atomic E-state index is 11.5. The summed E-state index contributed by atoms with van der Waals surface area (Å²) < 4.78 is 5.49.